The molecule has 0 bridgehead atoms. The first-order valence-corrected chi connectivity index (χ1v) is 5.41. The van der Waals surface area contributed by atoms with Gasteiger partial charge in [-0.2, -0.15) is 0 Å². The van der Waals surface area contributed by atoms with Crippen LogP contribution in [-0.2, 0) is 4.79 Å². The number of aromatic carboxylic acids is 1. The average Bonchev–Trinajstić information content (AvgIpc) is 2.29. The van der Waals surface area contributed by atoms with Crippen LogP contribution in [0.5, 0.6) is 5.75 Å². The Hall–Kier alpha value is -2.08. The number of amides is 1. The smallest absolute Gasteiger partial charge is 0.335 e. The third-order valence-corrected chi connectivity index (χ3v) is 2.30. The Morgan fingerprint density at radius 2 is 2.00 bits per heavy atom. The van der Waals surface area contributed by atoms with Crippen molar-refractivity contribution in [3.05, 3.63) is 23.8 Å². The lowest BCUT2D eigenvalue weighted by atomic mass is 10.2. The van der Waals surface area contributed by atoms with Gasteiger partial charge in [-0.05, 0) is 32.3 Å². The number of nitrogens with zero attached hydrogens (tertiary/aromatic N) is 1. The number of carboxylic acid groups (broad SMARTS) is 1. The second-order valence-corrected chi connectivity index (χ2v) is 4.14. The molecule has 0 spiro atoms. The molecule has 0 atom stereocenters. The monoisotopic (exact) mass is 252 g/mol. The molecule has 1 rings (SSSR count). The summed E-state index contributed by atoms with van der Waals surface area (Å²) in [4.78, 5) is 24.2. The summed E-state index contributed by atoms with van der Waals surface area (Å²) in [5.41, 5.74) is 0.120. The van der Waals surface area contributed by atoms with Crippen LogP contribution in [0.15, 0.2) is 18.2 Å². The summed E-state index contributed by atoms with van der Waals surface area (Å²) in [7, 11) is 3.69. The van der Waals surface area contributed by atoms with Crippen LogP contribution < -0.4 is 5.32 Å². The van der Waals surface area contributed by atoms with Crippen molar-refractivity contribution >= 4 is 17.6 Å². The molecule has 18 heavy (non-hydrogen) atoms. The normalized spacial score (nSPS) is 10.4. The van der Waals surface area contributed by atoms with Crippen molar-refractivity contribution in [2.75, 3.05) is 26.0 Å². The summed E-state index contributed by atoms with van der Waals surface area (Å²) in [6.45, 7) is 0.575. The van der Waals surface area contributed by atoms with Crippen molar-refractivity contribution in [1.29, 1.82) is 0 Å². The van der Waals surface area contributed by atoms with E-state index in [-0.39, 0.29) is 29.3 Å². The maximum atomic E-state index is 11.6. The average molecular weight is 252 g/mol. The number of carbonyl (C=O) groups is 2. The van der Waals surface area contributed by atoms with Gasteiger partial charge in [-0.1, -0.05) is 0 Å². The lowest BCUT2D eigenvalue weighted by Gasteiger charge is -2.11. The van der Waals surface area contributed by atoms with Gasteiger partial charge in [0.2, 0.25) is 5.91 Å². The first-order chi connectivity index (χ1) is 8.40. The zero-order chi connectivity index (χ0) is 13.7. The van der Waals surface area contributed by atoms with Crippen molar-refractivity contribution in [2.45, 2.75) is 6.42 Å². The van der Waals surface area contributed by atoms with E-state index < -0.39 is 5.97 Å². The number of carbonyl (C=O) groups excluding carboxylic acids is 1. The molecule has 0 saturated carbocycles. The predicted octanol–water partition coefficient (Wildman–Crippen LogP) is 0.981. The molecule has 1 aromatic carbocycles. The number of phenols is 1. The Bertz CT molecular complexity index is 457. The fourth-order valence-corrected chi connectivity index (χ4v) is 1.31. The third-order valence-electron chi connectivity index (χ3n) is 2.30. The van der Waals surface area contributed by atoms with Crippen molar-refractivity contribution < 1.29 is 19.8 Å². The van der Waals surface area contributed by atoms with Gasteiger partial charge in [0.1, 0.15) is 5.75 Å². The highest BCUT2D eigenvalue weighted by atomic mass is 16.4. The van der Waals surface area contributed by atoms with Gasteiger partial charge in [0, 0.05) is 13.0 Å². The molecule has 0 radical (unpaired) electrons. The zero-order valence-electron chi connectivity index (χ0n) is 10.3. The zero-order valence-corrected chi connectivity index (χ0v) is 10.3. The first-order valence-electron chi connectivity index (χ1n) is 5.41. The van der Waals surface area contributed by atoms with Crippen molar-refractivity contribution in [3.63, 3.8) is 0 Å². The second-order valence-electron chi connectivity index (χ2n) is 4.14. The largest absolute Gasteiger partial charge is 0.506 e. The van der Waals surface area contributed by atoms with Crippen molar-refractivity contribution in [2.24, 2.45) is 0 Å². The lowest BCUT2D eigenvalue weighted by Crippen LogP contribution is -2.21. The molecule has 0 unspecified atom stereocenters. The molecule has 0 saturated heterocycles. The summed E-state index contributed by atoms with van der Waals surface area (Å²) < 4.78 is 0. The van der Waals surface area contributed by atoms with Gasteiger partial charge in [0.05, 0.1) is 11.3 Å². The molecule has 98 valence electrons. The number of hydrogen-bond donors (Lipinski definition) is 3. The van der Waals surface area contributed by atoms with Crippen LogP contribution in [0, 0.1) is 0 Å². The summed E-state index contributed by atoms with van der Waals surface area (Å²) in [5, 5.41) is 20.8. The van der Waals surface area contributed by atoms with E-state index in [0.717, 1.165) is 0 Å². The van der Waals surface area contributed by atoms with Gasteiger partial charge in [0.15, 0.2) is 0 Å². The molecule has 3 N–H and O–H groups in total. The Kier molecular flexibility index (Phi) is 4.67. The summed E-state index contributed by atoms with van der Waals surface area (Å²) in [6, 6.07) is 3.74. The molecule has 0 aliphatic carbocycles. The molecule has 0 aliphatic heterocycles. The molecule has 0 heterocycles. The fraction of sp³-hybridized carbons (Fsp3) is 0.333. The van der Waals surface area contributed by atoms with Gasteiger partial charge in [-0.3, -0.25) is 4.79 Å². The van der Waals surface area contributed by atoms with E-state index >= 15 is 0 Å². The molecule has 0 fully saturated rings. The van der Waals surface area contributed by atoms with E-state index in [1.54, 1.807) is 0 Å². The van der Waals surface area contributed by atoms with E-state index in [2.05, 4.69) is 5.32 Å². The highest BCUT2D eigenvalue weighted by Gasteiger charge is 2.10. The van der Waals surface area contributed by atoms with Crippen LogP contribution in [0.3, 0.4) is 0 Å². The summed E-state index contributed by atoms with van der Waals surface area (Å²) in [5.74, 6) is -1.54. The Balaban J connectivity index is 2.74. The summed E-state index contributed by atoms with van der Waals surface area (Å²) >= 11 is 0. The van der Waals surface area contributed by atoms with Gasteiger partial charge >= 0.3 is 5.97 Å². The van der Waals surface area contributed by atoms with Crippen LogP contribution in [0.4, 0.5) is 5.69 Å². The molecular formula is C12H16N2O4. The summed E-state index contributed by atoms with van der Waals surface area (Å²) in [6.07, 6.45) is 0.268. The molecular weight excluding hydrogens is 236 g/mol. The van der Waals surface area contributed by atoms with Crippen molar-refractivity contribution in [1.82, 2.24) is 4.90 Å². The lowest BCUT2D eigenvalue weighted by molar-refractivity contribution is -0.116. The van der Waals surface area contributed by atoms with Crippen LogP contribution in [0.25, 0.3) is 0 Å². The Morgan fingerprint density at radius 1 is 1.33 bits per heavy atom. The molecule has 1 aromatic rings. The second kappa shape index (κ2) is 6.02. The molecule has 6 heteroatoms. The van der Waals surface area contributed by atoms with E-state index in [1.165, 1.54) is 18.2 Å². The quantitative estimate of drug-likeness (QED) is 0.680. The molecule has 0 aromatic heterocycles. The molecule has 1 amide bonds. The predicted molar refractivity (Wildman–Crippen MR) is 66.9 cm³/mol. The SMILES string of the molecule is CN(C)CCC(=O)Nc1cc(C(=O)O)ccc1O. The van der Waals surface area contributed by atoms with Crippen LogP contribution in [0.2, 0.25) is 0 Å². The Morgan fingerprint density at radius 3 is 2.56 bits per heavy atom. The van der Waals surface area contributed by atoms with Gasteiger partial charge in [-0.25, -0.2) is 4.79 Å². The number of rotatable bonds is 5. The number of benzene rings is 1. The molecule has 6 nitrogen and oxygen atoms in total. The van der Waals surface area contributed by atoms with Crippen molar-refractivity contribution in [3.8, 4) is 5.75 Å². The maximum absolute atomic E-state index is 11.6. The Labute approximate surface area is 105 Å². The van der Waals surface area contributed by atoms with E-state index in [9.17, 15) is 14.7 Å². The minimum Gasteiger partial charge on any atom is -0.506 e. The topological polar surface area (TPSA) is 89.9 Å². The number of phenolic OH excluding ortho intramolecular Hbond substituents is 1. The van der Waals surface area contributed by atoms with E-state index in [4.69, 9.17) is 5.11 Å². The standard InChI is InChI=1S/C12H16N2O4/c1-14(2)6-5-11(16)13-9-7-8(12(17)18)3-4-10(9)15/h3-4,7,15H,5-6H2,1-2H3,(H,13,16)(H,17,18). The minimum absolute atomic E-state index is 0.00992. The minimum atomic E-state index is -1.11. The maximum Gasteiger partial charge on any atom is 0.335 e. The fourth-order valence-electron chi connectivity index (χ4n) is 1.31. The van der Waals surface area contributed by atoms with Crippen LogP contribution in [-0.4, -0.2) is 47.6 Å². The van der Waals surface area contributed by atoms with E-state index in [1.807, 2.05) is 19.0 Å². The number of carboxylic acids is 1. The number of nitrogens with one attached hydrogen (secondary N) is 1. The van der Waals surface area contributed by atoms with E-state index in [0.29, 0.717) is 6.54 Å². The highest BCUT2D eigenvalue weighted by molar-refractivity contribution is 5.95. The first kappa shape index (κ1) is 14.0. The van der Waals surface area contributed by atoms with Gasteiger partial charge in [-0.15, -0.1) is 0 Å². The number of aromatic hydroxyl groups is 1. The third kappa shape index (κ3) is 4.06. The molecule has 0 aliphatic rings. The highest BCUT2D eigenvalue weighted by Crippen LogP contribution is 2.24. The van der Waals surface area contributed by atoms with Gasteiger partial charge in [0.25, 0.3) is 0 Å². The van der Waals surface area contributed by atoms with Crippen LogP contribution >= 0.6 is 0 Å². The number of anilines is 1. The van der Waals surface area contributed by atoms with Crippen LogP contribution in [0.1, 0.15) is 16.8 Å². The van der Waals surface area contributed by atoms with Gasteiger partial charge < -0.3 is 20.4 Å². The number of hydrogen-bond acceptors (Lipinski definition) is 4.